The van der Waals surface area contributed by atoms with Gasteiger partial charge in [-0.15, -0.1) is 0 Å². The summed E-state index contributed by atoms with van der Waals surface area (Å²) >= 11 is 0. The van der Waals surface area contributed by atoms with Crippen molar-refractivity contribution in [3.63, 3.8) is 0 Å². The lowest BCUT2D eigenvalue weighted by Crippen LogP contribution is -2.26. The molecule has 0 aromatic carbocycles. The highest BCUT2D eigenvalue weighted by molar-refractivity contribution is 5.75. The van der Waals surface area contributed by atoms with Crippen LogP contribution in [0.3, 0.4) is 0 Å². The first-order chi connectivity index (χ1) is 7.67. The van der Waals surface area contributed by atoms with Crippen LogP contribution in [0.15, 0.2) is 12.4 Å². The molecule has 0 radical (unpaired) electrons. The van der Waals surface area contributed by atoms with Gasteiger partial charge in [-0.05, 0) is 13.8 Å². The van der Waals surface area contributed by atoms with Crippen LogP contribution in [0.25, 0.3) is 0 Å². The highest BCUT2D eigenvalue weighted by Gasteiger charge is 2.07. The Morgan fingerprint density at radius 1 is 1.62 bits per heavy atom. The van der Waals surface area contributed by atoms with E-state index in [-0.39, 0.29) is 11.9 Å². The summed E-state index contributed by atoms with van der Waals surface area (Å²) in [7, 11) is 1.65. The van der Waals surface area contributed by atoms with E-state index in [0.717, 1.165) is 12.1 Å². The molecule has 0 aliphatic heterocycles. The molecule has 5 nitrogen and oxygen atoms in total. The van der Waals surface area contributed by atoms with Crippen LogP contribution >= 0.6 is 0 Å². The van der Waals surface area contributed by atoms with Gasteiger partial charge in [0.15, 0.2) is 0 Å². The van der Waals surface area contributed by atoms with Gasteiger partial charge in [0, 0.05) is 44.4 Å². The van der Waals surface area contributed by atoms with Crippen molar-refractivity contribution in [1.82, 2.24) is 20.4 Å². The summed E-state index contributed by atoms with van der Waals surface area (Å²) in [4.78, 5) is 11.0. The maximum atomic E-state index is 11.0. The number of amides is 1. The van der Waals surface area contributed by atoms with Gasteiger partial charge in [0.1, 0.15) is 0 Å². The standard InChI is InChI=1S/C11H20N4O/c1-4-15-8-10(7-14-15)9(2)13-6-5-11(16)12-3/h7-9,13H,4-6H2,1-3H3,(H,12,16). The number of carbonyl (C=O) groups is 1. The van der Waals surface area contributed by atoms with Gasteiger partial charge in [-0.1, -0.05) is 0 Å². The van der Waals surface area contributed by atoms with Gasteiger partial charge < -0.3 is 10.6 Å². The first kappa shape index (κ1) is 12.7. The number of hydrogen-bond donors (Lipinski definition) is 2. The van der Waals surface area contributed by atoms with Crippen LogP contribution in [-0.2, 0) is 11.3 Å². The Labute approximate surface area is 96.2 Å². The van der Waals surface area contributed by atoms with E-state index >= 15 is 0 Å². The molecule has 0 spiro atoms. The zero-order valence-electron chi connectivity index (χ0n) is 10.2. The normalized spacial score (nSPS) is 12.4. The number of nitrogens with zero attached hydrogens (tertiary/aromatic N) is 2. The minimum absolute atomic E-state index is 0.0592. The van der Waals surface area contributed by atoms with Crippen molar-refractivity contribution in [3.05, 3.63) is 18.0 Å². The van der Waals surface area contributed by atoms with Gasteiger partial charge in [-0.25, -0.2) is 0 Å². The molecule has 0 bridgehead atoms. The summed E-state index contributed by atoms with van der Waals surface area (Å²) in [6.45, 7) is 5.68. The second-order valence-electron chi connectivity index (χ2n) is 3.73. The van der Waals surface area contributed by atoms with Gasteiger partial charge in [-0.2, -0.15) is 5.10 Å². The molecule has 1 aromatic rings. The summed E-state index contributed by atoms with van der Waals surface area (Å²) in [5.74, 6) is 0.0592. The number of aryl methyl sites for hydroxylation is 1. The molecule has 90 valence electrons. The maximum absolute atomic E-state index is 11.0. The van der Waals surface area contributed by atoms with Crippen molar-refractivity contribution in [2.45, 2.75) is 32.9 Å². The molecule has 2 N–H and O–H groups in total. The lowest BCUT2D eigenvalue weighted by molar-refractivity contribution is -0.120. The molecule has 0 fully saturated rings. The summed E-state index contributed by atoms with van der Waals surface area (Å²) in [5, 5.41) is 10.1. The Hall–Kier alpha value is -1.36. The predicted octanol–water partition coefficient (Wildman–Crippen LogP) is 0.690. The minimum Gasteiger partial charge on any atom is -0.359 e. The monoisotopic (exact) mass is 224 g/mol. The first-order valence-electron chi connectivity index (χ1n) is 5.63. The van der Waals surface area contributed by atoms with Crippen molar-refractivity contribution in [1.29, 1.82) is 0 Å². The average Bonchev–Trinajstić information content (AvgIpc) is 2.77. The van der Waals surface area contributed by atoms with Crippen molar-refractivity contribution >= 4 is 5.91 Å². The van der Waals surface area contributed by atoms with E-state index in [0.29, 0.717) is 13.0 Å². The highest BCUT2D eigenvalue weighted by atomic mass is 16.1. The van der Waals surface area contributed by atoms with E-state index in [1.807, 2.05) is 17.1 Å². The third-order valence-electron chi connectivity index (χ3n) is 2.56. The van der Waals surface area contributed by atoms with E-state index in [4.69, 9.17) is 0 Å². The van der Waals surface area contributed by atoms with Crippen molar-refractivity contribution in [2.75, 3.05) is 13.6 Å². The van der Waals surface area contributed by atoms with E-state index < -0.39 is 0 Å². The Bertz CT molecular complexity index is 334. The molecular formula is C11H20N4O. The largest absolute Gasteiger partial charge is 0.359 e. The fraction of sp³-hybridized carbons (Fsp3) is 0.636. The Balaban J connectivity index is 2.34. The Morgan fingerprint density at radius 3 is 2.94 bits per heavy atom. The Morgan fingerprint density at radius 2 is 2.38 bits per heavy atom. The van der Waals surface area contributed by atoms with Crippen molar-refractivity contribution in [2.24, 2.45) is 0 Å². The first-order valence-corrected chi connectivity index (χ1v) is 5.63. The fourth-order valence-corrected chi connectivity index (χ4v) is 1.42. The number of hydrogen-bond acceptors (Lipinski definition) is 3. The zero-order valence-corrected chi connectivity index (χ0v) is 10.2. The summed E-state index contributed by atoms with van der Waals surface area (Å²) < 4.78 is 1.90. The lowest BCUT2D eigenvalue weighted by Gasteiger charge is -2.11. The SMILES string of the molecule is CCn1cc(C(C)NCCC(=O)NC)cn1. The number of rotatable bonds is 6. The molecule has 0 aliphatic carbocycles. The highest BCUT2D eigenvalue weighted by Crippen LogP contribution is 2.10. The van der Waals surface area contributed by atoms with Gasteiger partial charge in [0.25, 0.3) is 0 Å². The second-order valence-corrected chi connectivity index (χ2v) is 3.73. The minimum atomic E-state index is 0.0592. The number of nitrogens with one attached hydrogen (secondary N) is 2. The van der Waals surface area contributed by atoms with Crippen molar-refractivity contribution < 1.29 is 4.79 Å². The van der Waals surface area contributed by atoms with Crippen LogP contribution in [-0.4, -0.2) is 29.3 Å². The lowest BCUT2D eigenvalue weighted by atomic mass is 10.2. The molecule has 1 unspecified atom stereocenters. The van der Waals surface area contributed by atoms with E-state index in [1.165, 1.54) is 0 Å². The molecule has 1 atom stereocenters. The van der Waals surface area contributed by atoms with E-state index in [9.17, 15) is 4.79 Å². The molecule has 16 heavy (non-hydrogen) atoms. The van der Waals surface area contributed by atoms with Gasteiger partial charge in [0.05, 0.1) is 6.20 Å². The van der Waals surface area contributed by atoms with Crippen LogP contribution in [0.1, 0.15) is 31.9 Å². The predicted molar refractivity (Wildman–Crippen MR) is 63.0 cm³/mol. The van der Waals surface area contributed by atoms with Crippen molar-refractivity contribution in [3.8, 4) is 0 Å². The molecule has 1 rings (SSSR count). The molecule has 0 saturated heterocycles. The molecule has 1 heterocycles. The van der Waals surface area contributed by atoms with Crippen LogP contribution in [0.4, 0.5) is 0 Å². The van der Waals surface area contributed by atoms with E-state index in [2.05, 4.69) is 29.6 Å². The third-order valence-corrected chi connectivity index (χ3v) is 2.56. The molecule has 0 saturated carbocycles. The van der Waals surface area contributed by atoms with Crippen LogP contribution < -0.4 is 10.6 Å². The molecule has 5 heteroatoms. The average molecular weight is 224 g/mol. The maximum Gasteiger partial charge on any atom is 0.221 e. The smallest absolute Gasteiger partial charge is 0.221 e. The molecule has 1 aromatic heterocycles. The summed E-state index contributed by atoms with van der Waals surface area (Å²) in [6, 6.07) is 0.227. The quantitative estimate of drug-likeness (QED) is 0.747. The zero-order chi connectivity index (χ0) is 12.0. The summed E-state index contributed by atoms with van der Waals surface area (Å²) in [6.07, 6.45) is 4.39. The third kappa shape index (κ3) is 3.66. The van der Waals surface area contributed by atoms with Gasteiger partial charge in [-0.3, -0.25) is 9.48 Å². The van der Waals surface area contributed by atoms with Gasteiger partial charge in [0.2, 0.25) is 5.91 Å². The topological polar surface area (TPSA) is 59.0 Å². The fourth-order valence-electron chi connectivity index (χ4n) is 1.42. The number of carbonyl (C=O) groups excluding carboxylic acids is 1. The second kappa shape index (κ2) is 6.27. The molecule has 1 amide bonds. The molecule has 0 aliphatic rings. The van der Waals surface area contributed by atoms with Gasteiger partial charge >= 0.3 is 0 Å². The van der Waals surface area contributed by atoms with Crippen LogP contribution in [0.2, 0.25) is 0 Å². The molecular weight excluding hydrogens is 204 g/mol. The van der Waals surface area contributed by atoms with Crippen LogP contribution in [0.5, 0.6) is 0 Å². The number of aromatic nitrogens is 2. The van der Waals surface area contributed by atoms with Crippen LogP contribution in [0, 0.1) is 0 Å². The Kier molecular flexibility index (Phi) is 4.98. The van der Waals surface area contributed by atoms with E-state index in [1.54, 1.807) is 7.05 Å². The summed E-state index contributed by atoms with van der Waals surface area (Å²) in [5.41, 5.74) is 1.15.